The predicted molar refractivity (Wildman–Crippen MR) is 67.0 cm³/mol. The SMILES string of the molecule is N[C@H]1C(OCc2ccccc2)O[C@H](CO)[C@H](O)[C@@H]1O. The molecule has 6 nitrogen and oxygen atoms in total. The molecule has 1 heterocycles. The first-order chi connectivity index (χ1) is 9.13. The van der Waals surface area contributed by atoms with Crippen LogP contribution in [0, 0.1) is 0 Å². The van der Waals surface area contributed by atoms with Crippen molar-refractivity contribution >= 4 is 0 Å². The van der Waals surface area contributed by atoms with E-state index in [1.807, 2.05) is 30.3 Å². The van der Waals surface area contributed by atoms with Gasteiger partial charge in [0, 0.05) is 0 Å². The Kier molecular flexibility index (Phi) is 4.87. The lowest BCUT2D eigenvalue weighted by Crippen LogP contribution is -2.62. The van der Waals surface area contributed by atoms with Gasteiger partial charge in [0.25, 0.3) is 0 Å². The molecule has 1 aliphatic heterocycles. The van der Waals surface area contributed by atoms with Crippen LogP contribution in [0.4, 0.5) is 0 Å². The van der Waals surface area contributed by atoms with Gasteiger partial charge in [0.2, 0.25) is 0 Å². The third kappa shape index (κ3) is 3.30. The normalized spacial score (nSPS) is 35.3. The first-order valence-corrected chi connectivity index (χ1v) is 6.17. The van der Waals surface area contributed by atoms with Crippen molar-refractivity contribution < 1.29 is 24.8 Å². The predicted octanol–water partition coefficient (Wildman–Crippen LogP) is -1.03. The van der Waals surface area contributed by atoms with Gasteiger partial charge in [0.15, 0.2) is 6.29 Å². The highest BCUT2D eigenvalue weighted by atomic mass is 16.7. The summed E-state index contributed by atoms with van der Waals surface area (Å²) < 4.78 is 10.8. The summed E-state index contributed by atoms with van der Waals surface area (Å²) in [4.78, 5) is 0. The van der Waals surface area contributed by atoms with E-state index >= 15 is 0 Å². The lowest BCUT2D eigenvalue weighted by Gasteiger charge is -2.40. The molecule has 5 atom stereocenters. The van der Waals surface area contributed by atoms with E-state index in [2.05, 4.69) is 0 Å². The number of aliphatic hydroxyl groups is 3. The largest absolute Gasteiger partial charge is 0.394 e. The maximum Gasteiger partial charge on any atom is 0.176 e. The summed E-state index contributed by atoms with van der Waals surface area (Å²) in [7, 11) is 0. The summed E-state index contributed by atoms with van der Waals surface area (Å²) in [5, 5.41) is 28.5. The van der Waals surface area contributed by atoms with E-state index in [1.54, 1.807) is 0 Å². The van der Waals surface area contributed by atoms with Crippen LogP contribution in [0.3, 0.4) is 0 Å². The zero-order chi connectivity index (χ0) is 13.8. The molecule has 6 heteroatoms. The Morgan fingerprint density at radius 2 is 1.84 bits per heavy atom. The molecule has 0 radical (unpaired) electrons. The fraction of sp³-hybridized carbons (Fsp3) is 0.538. The number of rotatable bonds is 4. The molecule has 1 aliphatic rings. The van der Waals surface area contributed by atoms with Gasteiger partial charge in [-0.05, 0) is 5.56 Å². The highest BCUT2D eigenvalue weighted by Crippen LogP contribution is 2.21. The van der Waals surface area contributed by atoms with Crippen molar-refractivity contribution in [3.05, 3.63) is 35.9 Å². The van der Waals surface area contributed by atoms with Gasteiger partial charge < -0.3 is 30.5 Å². The second kappa shape index (κ2) is 6.42. The fourth-order valence-electron chi connectivity index (χ4n) is 2.01. The van der Waals surface area contributed by atoms with Gasteiger partial charge in [-0.3, -0.25) is 0 Å². The average Bonchev–Trinajstić information content (AvgIpc) is 2.45. The van der Waals surface area contributed by atoms with Crippen LogP contribution in [-0.2, 0) is 16.1 Å². The number of aliphatic hydroxyl groups excluding tert-OH is 3. The van der Waals surface area contributed by atoms with Crippen molar-refractivity contribution in [3.8, 4) is 0 Å². The maximum absolute atomic E-state index is 9.77. The van der Waals surface area contributed by atoms with E-state index in [4.69, 9.17) is 20.3 Å². The summed E-state index contributed by atoms with van der Waals surface area (Å²) in [6, 6.07) is 8.59. The van der Waals surface area contributed by atoms with E-state index < -0.39 is 37.3 Å². The van der Waals surface area contributed by atoms with Crippen LogP contribution in [0.5, 0.6) is 0 Å². The summed E-state index contributed by atoms with van der Waals surface area (Å²) in [6.07, 6.45) is -4.16. The standard InChI is InChI=1S/C13H19NO5/c14-10-12(17)11(16)9(6-15)19-13(10)18-7-8-4-2-1-3-5-8/h1-5,9-13,15-17H,6-7,14H2/t9-,10-,11+,12-,13?/m1/s1. The Morgan fingerprint density at radius 1 is 1.16 bits per heavy atom. The van der Waals surface area contributed by atoms with Gasteiger partial charge in [-0.15, -0.1) is 0 Å². The van der Waals surface area contributed by atoms with Crippen LogP contribution in [-0.4, -0.2) is 52.6 Å². The molecule has 0 spiro atoms. The minimum absolute atomic E-state index is 0.278. The third-order valence-electron chi connectivity index (χ3n) is 3.19. The molecule has 0 bridgehead atoms. The van der Waals surface area contributed by atoms with Crippen molar-refractivity contribution in [3.63, 3.8) is 0 Å². The van der Waals surface area contributed by atoms with Gasteiger partial charge in [0.1, 0.15) is 18.3 Å². The Bertz CT molecular complexity index is 386. The molecule has 0 aromatic heterocycles. The van der Waals surface area contributed by atoms with Crippen molar-refractivity contribution in [2.24, 2.45) is 5.73 Å². The van der Waals surface area contributed by atoms with Gasteiger partial charge in [-0.1, -0.05) is 30.3 Å². The molecule has 1 aromatic rings. The highest BCUT2D eigenvalue weighted by molar-refractivity contribution is 5.13. The maximum atomic E-state index is 9.77. The number of hydrogen-bond acceptors (Lipinski definition) is 6. The summed E-state index contributed by atoms with van der Waals surface area (Å²) in [6.45, 7) is -0.129. The van der Waals surface area contributed by atoms with Gasteiger partial charge in [-0.25, -0.2) is 0 Å². The Labute approximate surface area is 111 Å². The molecule has 19 heavy (non-hydrogen) atoms. The van der Waals surface area contributed by atoms with Crippen molar-refractivity contribution in [2.45, 2.75) is 37.3 Å². The lowest BCUT2D eigenvalue weighted by atomic mass is 9.98. The smallest absolute Gasteiger partial charge is 0.176 e. The van der Waals surface area contributed by atoms with Crippen LogP contribution in [0.25, 0.3) is 0 Å². The van der Waals surface area contributed by atoms with Gasteiger partial charge >= 0.3 is 0 Å². The number of ether oxygens (including phenoxy) is 2. The fourth-order valence-corrected chi connectivity index (χ4v) is 2.01. The molecule has 0 saturated carbocycles. The Morgan fingerprint density at radius 3 is 2.47 bits per heavy atom. The molecular weight excluding hydrogens is 250 g/mol. The second-order valence-electron chi connectivity index (χ2n) is 4.58. The first-order valence-electron chi connectivity index (χ1n) is 6.17. The first kappa shape index (κ1) is 14.4. The van der Waals surface area contributed by atoms with Crippen LogP contribution in [0.1, 0.15) is 5.56 Å². The molecule has 1 fully saturated rings. The van der Waals surface area contributed by atoms with E-state index in [9.17, 15) is 10.2 Å². The van der Waals surface area contributed by atoms with Crippen molar-refractivity contribution in [2.75, 3.05) is 6.61 Å². The minimum atomic E-state index is -1.21. The highest BCUT2D eigenvalue weighted by Gasteiger charge is 2.42. The summed E-state index contributed by atoms with van der Waals surface area (Å²) >= 11 is 0. The van der Waals surface area contributed by atoms with Crippen LogP contribution >= 0.6 is 0 Å². The Balaban J connectivity index is 1.95. The molecule has 1 unspecified atom stereocenters. The molecule has 0 amide bonds. The lowest BCUT2D eigenvalue weighted by molar-refractivity contribution is -0.269. The molecule has 106 valence electrons. The topological polar surface area (TPSA) is 105 Å². The molecule has 0 aliphatic carbocycles. The van der Waals surface area contributed by atoms with Crippen LogP contribution < -0.4 is 5.73 Å². The van der Waals surface area contributed by atoms with Gasteiger partial charge in [0.05, 0.1) is 19.3 Å². The molecule has 1 aromatic carbocycles. The van der Waals surface area contributed by atoms with E-state index in [1.165, 1.54) is 0 Å². The monoisotopic (exact) mass is 269 g/mol. The molecular formula is C13H19NO5. The summed E-state index contributed by atoms with van der Waals surface area (Å²) in [5.74, 6) is 0. The number of nitrogens with two attached hydrogens (primary N) is 1. The molecule has 2 rings (SSSR count). The number of hydrogen-bond donors (Lipinski definition) is 4. The minimum Gasteiger partial charge on any atom is -0.394 e. The zero-order valence-electron chi connectivity index (χ0n) is 10.4. The third-order valence-corrected chi connectivity index (χ3v) is 3.19. The second-order valence-corrected chi connectivity index (χ2v) is 4.58. The molecule has 5 N–H and O–H groups in total. The average molecular weight is 269 g/mol. The van der Waals surface area contributed by atoms with Crippen LogP contribution in [0.15, 0.2) is 30.3 Å². The molecule has 1 saturated heterocycles. The summed E-state index contributed by atoms with van der Waals surface area (Å²) in [5.41, 5.74) is 6.70. The van der Waals surface area contributed by atoms with Crippen molar-refractivity contribution in [1.82, 2.24) is 0 Å². The Hall–Kier alpha value is -1.02. The van der Waals surface area contributed by atoms with Crippen LogP contribution in [0.2, 0.25) is 0 Å². The van der Waals surface area contributed by atoms with E-state index in [-0.39, 0.29) is 6.61 Å². The van der Waals surface area contributed by atoms with Gasteiger partial charge in [-0.2, -0.15) is 0 Å². The van der Waals surface area contributed by atoms with E-state index in [0.717, 1.165) is 5.56 Å². The number of benzene rings is 1. The van der Waals surface area contributed by atoms with E-state index in [0.29, 0.717) is 0 Å². The quantitative estimate of drug-likeness (QED) is 0.557. The zero-order valence-corrected chi connectivity index (χ0v) is 10.4. The van der Waals surface area contributed by atoms with Crippen molar-refractivity contribution in [1.29, 1.82) is 0 Å².